The zero-order chi connectivity index (χ0) is 24.2. The summed E-state index contributed by atoms with van der Waals surface area (Å²) in [4.78, 5) is 22.8. The van der Waals surface area contributed by atoms with Gasteiger partial charge in [-0.3, -0.25) is 0 Å². The van der Waals surface area contributed by atoms with Gasteiger partial charge >= 0.3 is 11.9 Å². The number of aryl methyl sites for hydroxylation is 1. The zero-order valence-electron chi connectivity index (χ0n) is 18.8. The number of ether oxygens (including phenoxy) is 3. The fourth-order valence-electron chi connectivity index (χ4n) is 2.86. The molecule has 33 heavy (non-hydrogen) atoms. The van der Waals surface area contributed by atoms with E-state index in [9.17, 15) is 0 Å². The minimum Gasteiger partial charge on any atom is -0.493 e. The van der Waals surface area contributed by atoms with Crippen LogP contribution < -0.4 is 14.2 Å². The van der Waals surface area contributed by atoms with Gasteiger partial charge in [-0.2, -0.15) is 0 Å². The van der Waals surface area contributed by atoms with Gasteiger partial charge in [0.15, 0.2) is 11.5 Å². The summed E-state index contributed by atoms with van der Waals surface area (Å²) in [6, 6.07) is 16.0. The number of carboxylic acid groups (broad SMARTS) is 2. The number of hydrogen-bond donors (Lipinski definition) is 2. The van der Waals surface area contributed by atoms with Crippen molar-refractivity contribution < 1.29 is 34.0 Å². The molecule has 0 aliphatic carbocycles. The molecule has 0 saturated heterocycles. The van der Waals surface area contributed by atoms with E-state index in [1.807, 2.05) is 68.5 Å². The van der Waals surface area contributed by atoms with Crippen LogP contribution >= 0.6 is 0 Å². The van der Waals surface area contributed by atoms with E-state index in [2.05, 4.69) is 11.1 Å². The molecule has 3 aromatic rings. The van der Waals surface area contributed by atoms with Crippen LogP contribution in [0.25, 0.3) is 17.0 Å². The van der Waals surface area contributed by atoms with Gasteiger partial charge in [0.05, 0.1) is 20.3 Å². The van der Waals surface area contributed by atoms with E-state index in [1.54, 1.807) is 7.11 Å². The number of carbonyl (C=O) groups is 2. The van der Waals surface area contributed by atoms with Crippen molar-refractivity contribution in [2.45, 2.75) is 20.3 Å². The van der Waals surface area contributed by atoms with Crippen molar-refractivity contribution in [2.75, 3.05) is 20.3 Å². The Morgan fingerprint density at radius 1 is 0.939 bits per heavy atom. The van der Waals surface area contributed by atoms with Gasteiger partial charge in [-0.1, -0.05) is 36.4 Å². The second kappa shape index (κ2) is 12.7. The molecule has 2 N–H and O–H groups in total. The maximum atomic E-state index is 9.10. The number of methoxy groups -OCH3 is 1. The van der Waals surface area contributed by atoms with Crippen LogP contribution in [0.4, 0.5) is 0 Å². The Morgan fingerprint density at radius 3 is 2.27 bits per heavy atom. The molecule has 174 valence electrons. The molecule has 0 aliphatic rings. The van der Waals surface area contributed by atoms with Gasteiger partial charge in [0, 0.05) is 17.5 Å². The van der Waals surface area contributed by atoms with E-state index in [-0.39, 0.29) is 0 Å². The first kappa shape index (κ1) is 25.2. The van der Waals surface area contributed by atoms with E-state index in [0.29, 0.717) is 13.2 Å². The summed E-state index contributed by atoms with van der Waals surface area (Å²) in [5.41, 5.74) is 2.97. The van der Waals surface area contributed by atoms with E-state index in [4.69, 9.17) is 34.0 Å². The molecule has 0 radical (unpaired) electrons. The number of allylic oxidation sites excluding steroid dienone is 1. The van der Waals surface area contributed by atoms with Gasteiger partial charge in [-0.25, -0.2) is 14.6 Å². The lowest BCUT2D eigenvalue weighted by molar-refractivity contribution is -0.159. The highest BCUT2D eigenvalue weighted by Gasteiger charge is 2.06. The Labute approximate surface area is 192 Å². The van der Waals surface area contributed by atoms with E-state index in [1.165, 1.54) is 0 Å². The van der Waals surface area contributed by atoms with Crippen molar-refractivity contribution in [3.8, 4) is 17.2 Å². The topological polar surface area (TPSA) is 115 Å². The van der Waals surface area contributed by atoms with Crippen LogP contribution in [0.15, 0.2) is 54.6 Å². The van der Waals surface area contributed by atoms with Crippen molar-refractivity contribution in [3.63, 3.8) is 0 Å². The Hall–Kier alpha value is -4.07. The first-order valence-corrected chi connectivity index (χ1v) is 10.2. The summed E-state index contributed by atoms with van der Waals surface area (Å²) >= 11 is 0. The third kappa shape index (κ3) is 7.84. The number of hydrogen-bond acceptors (Lipinski definition) is 6. The maximum absolute atomic E-state index is 9.10. The second-order valence-electron chi connectivity index (χ2n) is 6.85. The van der Waals surface area contributed by atoms with Gasteiger partial charge < -0.3 is 24.4 Å². The summed E-state index contributed by atoms with van der Waals surface area (Å²) in [6.45, 7) is 5.09. The molecule has 3 rings (SSSR count). The molecular weight excluding hydrogens is 426 g/mol. The Balaban J connectivity index is 0.000000569. The first-order valence-electron chi connectivity index (χ1n) is 10.2. The molecule has 0 atom stereocenters. The average Bonchev–Trinajstić information content (AvgIpc) is 2.80. The van der Waals surface area contributed by atoms with Crippen molar-refractivity contribution in [1.29, 1.82) is 0 Å². The Bertz CT molecular complexity index is 1110. The first-order chi connectivity index (χ1) is 15.8. The van der Waals surface area contributed by atoms with Crippen molar-refractivity contribution in [2.24, 2.45) is 0 Å². The SMILES string of the molecule is C/C=C/c1ccc(OCCCOc2cccc3ccc(C)nc23)c(OC)c1.O=C(O)C(=O)O. The third-order valence-electron chi connectivity index (χ3n) is 4.36. The number of pyridine rings is 1. The van der Waals surface area contributed by atoms with Gasteiger partial charge in [0.1, 0.15) is 11.3 Å². The molecule has 8 nitrogen and oxygen atoms in total. The minimum absolute atomic E-state index is 0.552. The van der Waals surface area contributed by atoms with Crippen molar-refractivity contribution in [3.05, 3.63) is 65.9 Å². The van der Waals surface area contributed by atoms with Crippen molar-refractivity contribution in [1.82, 2.24) is 4.98 Å². The number of rotatable bonds is 8. The molecule has 1 aromatic heterocycles. The molecule has 0 spiro atoms. The quantitative estimate of drug-likeness (QED) is 0.376. The van der Waals surface area contributed by atoms with Gasteiger partial charge in [0.25, 0.3) is 0 Å². The average molecular weight is 453 g/mol. The number of fused-ring (bicyclic) bond motifs is 1. The molecule has 8 heteroatoms. The van der Waals surface area contributed by atoms with Crippen LogP contribution in [0, 0.1) is 6.92 Å². The van der Waals surface area contributed by atoms with Crippen LogP contribution in [0.1, 0.15) is 24.6 Å². The molecule has 0 bridgehead atoms. The number of benzene rings is 2. The highest BCUT2D eigenvalue weighted by Crippen LogP contribution is 2.29. The highest BCUT2D eigenvalue weighted by molar-refractivity contribution is 6.27. The standard InChI is InChI=1S/C23H25NO3.C2H2O4/c1-4-7-18-11-13-20(22(16-18)25-3)26-14-6-15-27-21-9-5-8-19-12-10-17(2)24-23(19)21;3-1(4)2(5)6/h4-5,7-13,16H,6,14-15H2,1-3H3;(H,3,4)(H,5,6)/b7-4+;. The lowest BCUT2D eigenvalue weighted by Crippen LogP contribution is -2.09. The molecule has 0 aliphatic heterocycles. The Morgan fingerprint density at radius 2 is 1.64 bits per heavy atom. The molecule has 0 fully saturated rings. The normalized spacial score (nSPS) is 10.4. The molecule has 0 saturated carbocycles. The summed E-state index contributed by atoms with van der Waals surface area (Å²) < 4.78 is 17.2. The predicted molar refractivity (Wildman–Crippen MR) is 125 cm³/mol. The summed E-state index contributed by atoms with van der Waals surface area (Å²) in [6.07, 6.45) is 4.79. The molecule has 0 amide bonds. The second-order valence-corrected chi connectivity index (χ2v) is 6.85. The van der Waals surface area contributed by atoms with Gasteiger partial charge in [-0.05, 0) is 43.7 Å². The van der Waals surface area contributed by atoms with Crippen molar-refractivity contribution >= 4 is 28.9 Å². The summed E-state index contributed by atoms with van der Waals surface area (Å²) in [7, 11) is 1.65. The van der Waals surface area contributed by atoms with Gasteiger partial charge in [0.2, 0.25) is 0 Å². The fraction of sp³-hybridized carbons (Fsp3) is 0.240. The van der Waals surface area contributed by atoms with Crippen LogP contribution in [-0.2, 0) is 9.59 Å². The summed E-state index contributed by atoms with van der Waals surface area (Å²) in [5, 5.41) is 15.9. The Kier molecular flexibility index (Phi) is 9.70. The van der Waals surface area contributed by atoms with Crippen LogP contribution in [0.5, 0.6) is 17.2 Å². The van der Waals surface area contributed by atoms with E-state index in [0.717, 1.165) is 45.8 Å². The number of carboxylic acids is 2. The smallest absolute Gasteiger partial charge is 0.414 e. The number of aromatic nitrogens is 1. The van der Waals surface area contributed by atoms with E-state index < -0.39 is 11.9 Å². The highest BCUT2D eigenvalue weighted by atomic mass is 16.5. The maximum Gasteiger partial charge on any atom is 0.414 e. The number of para-hydroxylation sites is 1. The van der Waals surface area contributed by atoms with Crippen LogP contribution in [-0.4, -0.2) is 47.5 Å². The van der Waals surface area contributed by atoms with Gasteiger partial charge in [-0.15, -0.1) is 0 Å². The summed E-state index contributed by atoms with van der Waals surface area (Å²) in [5.74, 6) is -1.36. The van der Waals surface area contributed by atoms with Crippen LogP contribution in [0.3, 0.4) is 0 Å². The zero-order valence-corrected chi connectivity index (χ0v) is 18.8. The molecule has 2 aromatic carbocycles. The third-order valence-corrected chi connectivity index (χ3v) is 4.36. The minimum atomic E-state index is -1.82. The number of nitrogens with zero attached hydrogens (tertiary/aromatic N) is 1. The molecule has 0 unspecified atom stereocenters. The monoisotopic (exact) mass is 453 g/mol. The molecular formula is C25H27NO7. The number of aliphatic carboxylic acids is 2. The van der Waals surface area contributed by atoms with Crippen LogP contribution in [0.2, 0.25) is 0 Å². The lowest BCUT2D eigenvalue weighted by Gasteiger charge is -2.12. The fourth-order valence-corrected chi connectivity index (χ4v) is 2.86. The van der Waals surface area contributed by atoms with E-state index >= 15 is 0 Å². The molecule has 1 heterocycles. The lowest BCUT2D eigenvalue weighted by atomic mass is 10.2. The predicted octanol–water partition coefficient (Wildman–Crippen LogP) is 4.59. The largest absolute Gasteiger partial charge is 0.493 e.